The highest BCUT2D eigenvalue weighted by Gasteiger charge is 2.09. The predicted octanol–water partition coefficient (Wildman–Crippen LogP) is 3.54. The number of hydrogen-bond donors (Lipinski definition) is 1. The maximum absolute atomic E-state index is 5.53. The van der Waals surface area contributed by atoms with Crippen LogP contribution in [0.5, 0.6) is 11.5 Å². The molecule has 1 N–H and O–H groups in total. The van der Waals surface area contributed by atoms with E-state index < -0.39 is 0 Å². The summed E-state index contributed by atoms with van der Waals surface area (Å²) in [5.74, 6) is 2.41. The molecule has 0 saturated carbocycles. The average Bonchev–Trinajstić information content (AvgIpc) is 2.50. The van der Waals surface area contributed by atoms with Gasteiger partial charge in [0.25, 0.3) is 0 Å². The highest BCUT2D eigenvalue weighted by Crippen LogP contribution is 2.28. The van der Waals surface area contributed by atoms with E-state index in [0.29, 0.717) is 6.61 Å². The summed E-state index contributed by atoms with van der Waals surface area (Å²) in [4.78, 5) is 0. The van der Waals surface area contributed by atoms with Crippen LogP contribution < -0.4 is 14.8 Å². The molecule has 1 aliphatic rings. The summed E-state index contributed by atoms with van der Waals surface area (Å²) in [6.45, 7) is 4.60. The SMILES string of the molecule is CCOc1ccc(CNCC2CC=CCC2)cc1OC. The van der Waals surface area contributed by atoms with Crippen molar-refractivity contribution in [2.75, 3.05) is 20.3 Å². The molecule has 0 radical (unpaired) electrons. The molecule has 0 bridgehead atoms. The Labute approximate surface area is 122 Å². The maximum atomic E-state index is 5.53. The van der Waals surface area contributed by atoms with E-state index in [1.165, 1.54) is 24.8 Å². The van der Waals surface area contributed by atoms with Gasteiger partial charge in [0.15, 0.2) is 11.5 Å². The van der Waals surface area contributed by atoms with Crippen molar-refractivity contribution in [2.24, 2.45) is 5.92 Å². The summed E-state index contributed by atoms with van der Waals surface area (Å²) in [5.41, 5.74) is 1.23. The summed E-state index contributed by atoms with van der Waals surface area (Å²) in [5, 5.41) is 3.54. The molecule has 0 amide bonds. The zero-order valence-electron chi connectivity index (χ0n) is 12.5. The molecule has 1 unspecified atom stereocenters. The Morgan fingerprint density at radius 3 is 2.85 bits per heavy atom. The number of allylic oxidation sites excluding steroid dienone is 2. The zero-order valence-corrected chi connectivity index (χ0v) is 12.5. The van der Waals surface area contributed by atoms with E-state index in [-0.39, 0.29) is 0 Å². The van der Waals surface area contributed by atoms with Gasteiger partial charge in [-0.2, -0.15) is 0 Å². The Morgan fingerprint density at radius 1 is 1.25 bits per heavy atom. The lowest BCUT2D eigenvalue weighted by molar-refractivity contribution is 0.310. The Morgan fingerprint density at radius 2 is 2.15 bits per heavy atom. The van der Waals surface area contributed by atoms with E-state index >= 15 is 0 Å². The van der Waals surface area contributed by atoms with Crippen molar-refractivity contribution in [3.8, 4) is 11.5 Å². The van der Waals surface area contributed by atoms with Crippen molar-refractivity contribution < 1.29 is 9.47 Å². The first kappa shape index (κ1) is 14.9. The first-order chi connectivity index (χ1) is 9.83. The molecule has 2 rings (SSSR count). The number of hydrogen-bond acceptors (Lipinski definition) is 3. The molecule has 110 valence electrons. The smallest absolute Gasteiger partial charge is 0.161 e. The molecule has 0 saturated heterocycles. The van der Waals surface area contributed by atoms with E-state index in [1.807, 2.05) is 13.0 Å². The third kappa shape index (κ3) is 4.27. The highest BCUT2D eigenvalue weighted by molar-refractivity contribution is 5.42. The molecule has 0 heterocycles. The zero-order chi connectivity index (χ0) is 14.2. The van der Waals surface area contributed by atoms with Gasteiger partial charge < -0.3 is 14.8 Å². The minimum atomic E-state index is 0.656. The summed E-state index contributed by atoms with van der Waals surface area (Å²) in [6.07, 6.45) is 8.32. The van der Waals surface area contributed by atoms with Crippen LogP contribution in [0.2, 0.25) is 0 Å². The van der Waals surface area contributed by atoms with Gasteiger partial charge in [-0.3, -0.25) is 0 Å². The second kappa shape index (κ2) is 7.95. The largest absolute Gasteiger partial charge is 0.493 e. The Bertz CT molecular complexity index is 443. The van der Waals surface area contributed by atoms with Crippen LogP contribution in [0.4, 0.5) is 0 Å². The van der Waals surface area contributed by atoms with Gasteiger partial charge >= 0.3 is 0 Å². The van der Waals surface area contributed by atoms with Gasteiger partial charge in [0.2, 0.25) is 0 Å². The molecular formula is C17H25NO2. The number of benzene rings is 1. The number of rotatable bonds is 7. The first-order valence-electron chi connectivity index (χ1n) is 7.49. The summed E-state index contributed by atoms with van der Waals surface area (Å²) in [7, 11) is 1.68. The molecule has 3 heteroatoms. The third-order valence-corrected chi connectivity index (χ3v) is 3.67. The molecule has 1 aliphatic carbocycles. The van der Waals surface area contributed by atoms with Gasteiger partial charge in [0.05, 0.1) is 13.7 Å². The molecule has 0 fully saturated rings. The molecule has 1 aromatic carbocycles. The molecule has 1 atom stereocenters. The monoisotopic (exact) mass is 275 g/mol. The molecule has 20 heavy (non-hydrogen) atoms. The van der Waals surface area contributed by atoms with Crippen LogP contribution in [0.25, 0.3) is 0 Å². The van der Waals surface area contributed by atoms with Crippen LogP contribution >= 0.6 is 0 Å². The topological polar surface area (TPSA) is 30.5 Å². The van der Waals surface area contributed by atoms with Crippen molar-refractivity contribution in [1.29, 1.82) is 0 Å². The lowest BCUT2D eigenvalue weighted by atomic mass is 9.94. The molecule has 0 spiro atoms. The molecule has 0 aliphatic heterocycles. The standard InChI is InChI=1S/C17H25NO2/c1-3-20-16-10-9-15(11-17(16)19-2)13-18-12-14-7-5-4-6-8-14/h4-5,9-11,14,18H,3,6-8,12-13H2,1-2H3. The second-order valence-corrected chi connectivity index (χ2v) is 5.20. The van der Waals surface area contributed by atoms with Gasteiger partial charge in [0, 0.05) is 6.54 Å². The van der Waals surface area contributed by atoms with Crippen molar-refractivity contribution in [2.45, 2.75) is 32.7 Å². The van der Waals surface area contributed by atoms with Crippen molar-refractivity contribution in [1.82, 2.24) is 5.32 Å². The summed E-state index contributed by atoms with van der Waals surface area (Å²) < 4.78 is 10.9. The second-order valence-electron chi connectivity index (χ2n) is 5.20. The molecular weight excluding hydrogens is 250 g/mol. The van der Waals surface area contributed by atoms with Crippen LogP contribution in [0.15, 0.2) is 30.4 Å². The van der Waals surface area contributed by atoms with E-state index in [9.17, 15) is 0 Å². The van der Waals surface area contributed by atoms with Crippen LogP contribution in [0.1, 0.15) is 31.7 Å². The van der Waals surface area contributed by atoms with Gasteiger partial charge in [-0.15, -0.1) is 0 Å². The minimum absolute atomic E-state index is 0.656. The normalized spacial score (nSPS) is 18.0. The fraction of sp³-hybridized carbons (Fsp3) is 0.529. The van der Waals surface area contributed by atoms with Crippen molar-refractivity contribution in [3.63, 3.8) is 0 Å². The Hall–Kier alpha value is -1.48. The van der Waals surface area contributed by atoms with E-state index in [1.54, 1.807) is 7.11 Å². The van der Waals surface area contributed by atoms with Gasteiger partial charge in [-0.05, 0) is 56.3 Å². The Kier molecular flexibility index (Phi) is 5.93. The molecule has 0 aromatic heterocycles. The van der Waals surface area contributed by atoms with Crippen LogP contribution in [-0.2, 0) is 6.54 Å². The highest BCUT2D eigenvalue weighted by atomic mass is 16.5. The number of ether oxygens (including phenoxy) is 2. The average molecular weight is 275 g/mol. The molecule has 1 aromatic rings. The van der Waals surface area contributed by atoms with Crippen LogP contribution in [-0.4, -0.2) is 20.3 Å². The van der Waals surface area contributed by atoms with Crippen LogP contribution in [0, 0.1) is 5.92 Å². The van der Waals surface area contributed by atoms with Crippen molar-refractivity contribution in [3.05, 3.63) is 35.9 Å². The maximum Gasteiger partial charge on any atom is 0.161 e. The minimum Gasteiger partial charge on any atom is -0.493 e. The fourth-order valence-electron chi connectivity index (χ4n) is 2.56. The third-order valence-electron chi connectivity index (χ3n) is 3.67. The predicted molar refractivity (Wildman–Crippen MR) is 82.4 cm³/mol. The van der Waals surface area contributed by atoms with E-state index in [2.05, 4.69) is 29.6 Å². The Balaban J connectivity index is 1.84. The van der Waals surface area contributed by atoms with Crippen LogP contribution in [0.3, 0.4) is 0 Å². The van der Waals surface area contributed by atoms with Gasteiger partial charge in [-0.1, -0.05) is 18.2 Å². The lowest BCUT2D eigenvalue weighted by Crippen LogP contribution is -2.23. The quantitative estimate of drug-likeness (QED) is 0.772. The summed E-state index contributed by atoms with van der Waals surface area (Å²) >= 11 is 0. The molecule has 3 nitrogen and oxygen atoms in total. The van der Waals surface area contributed by atoms with Gasteiger partial charge in [-0.25, -0.2) is 0 Å². The number of nitrogens with one attached hydrogen (secondary N) is 1. The lowest BCUT2D eigenvalue weighted by Gasteiger charge is -2.18. The summed E-state index contributed by atoms with van der Waals surface area (Å²) in [6, 6.07) is 6.14. The van der Waals surface area contributed by atoms with E-state index in [4.69, 9.17) is 9.47 Å². The first-order valence-corrected chi connectivity index (χ1v) is 7.49. The fourth-order valence-corrected chi connectivity index (χ4v) is 2.56. The van der Waals surface area contributed by atoms with E-state index in [0.717, 1.165) is 30.5 Å². The van der Waals surface area contributed by atoms with Gasteiger partial charge in [0.1, 0.15) is 0 Å². The number of methoxy groups -OCH3 is 1. The van der Waals surface area contributed by atoms with Crippen molar-refractivity contribution >= 4 is 0 Å².